The highest BCUT2D eigenvalue weighted by molar-refractivity contribution is 8.03. The van der Waals surface area contributed by atoms with Crippen molar-refractivity contribution in [2.45, 2.75) is 11.8 Å². The van der Waals surface area contributed by atoms with E-state index in [4.69, 9.17) is 0 Å². The zero-order valence-electron chi connectivity index (χ0n) is 13.6. The number of aromatic nitrogens is 1. The molecule has 0 radical (unpaired) electrons. The number of rotatable bonds is 1. The first-order valence-corrected chi connectivity index (χ1v) is 8.57. The molecule has 2 aromatic carbocycles. The molecule has 2 nitrogen and oxygen atoms in total. The maximum Gasteiger partial charge on any atom is 0.212 e. The van der Waals surface area contributed by atoms with E-state index in [9.17, 15) is 0 Å². The third kappa shape index (κ3) is 2.32. The van der Waals surface area contributed by atoms with Crippen molar-refractivity contribution < 1.29 is 4.57 Å². The minimum absolute atomic E-state index is 1.21. The summed E-state index contributed by atoms with van der Waals surface area (Å²) in [6, 6.07) is 19.4. The Hall–Kier alpha value is -2.26. The topological polar surface area (TPSA) is 7.12 Å². The van der Waals surface area contributed by atoms with Crippen LogP contribution in [0, 0.1) is 6.92 Å². The quantitative estimate of drug-likeness (QED) is 0.609. The molecule has 2 heterocycles. The minimum atomic E-state index is 1.21. The van der Waals surface area contributed by atoms with Crippen LogP contribution in [0.5, 0.6) is 0 Å². The van der Waals surface area contributed by atoms with E-state index in [-0.39, 0.29) is 0 Å². The molecule has 0 unspecified atom stereocenters. The highest BCUT2D eigenvalue weighted by atomic mass is 32.2. The fraction of sp³-hybridized carbons (Fsp3) is 0.150. The first-order valence-electron chi connectivity index (χ1n) is 7.76. The van der Waals surface area contributed by atoms with Gasteiger partial charge < -0.3 is 4.90 Å². The van der Waals surface area contributed by atoms with E-state index in [1.165, 1.54) is 37.8 Å². The standard InChI is InChI=1S/C20H19N2S/c1-14-7-6-10-18-20(14)22(3)19(23-18)13-16-12-11-15-8-4-5-9-17(15)21(16)2/h4-13H,1-3H3/q+1. The van der Waals surface area contributed by atoms with Crippen molar-refractivity contribution in [1.29, 1.82) is 0 Å². The van der Waals surface area contributed by atoms with Gasteiger partial charge >= 0.3 is 0 Å². The molecule has 0 aliphatic carbocycles. The van der Waals surface area contributed by atoms with Gasteiger partial charge in [-0.15, -0.1) is 0 Å². The van der Waals surface area contributed by atoms with E-state index >= 15 is 0 Å². The Morgan fingerprint density at radius 3 is 2.65 bits per heavy atom. The van der Waals surface area contributed by atoms with Crippen molar-refractivity contribution in [3.63, 3.8) is 0 Å². The summed E-state index contributed by atoms with van der Waals surface area (Å²) in [6.45, 7) is 2.18. The molecular weight excluding hydrogens is 300 g/mol. The van der Waals surface area contributed by atoms with Gasteiger partial charge in [0.05, 0.1) is 10.7 Å². The monoisotopic (exact) mass is 319 g/mol. The van der Waals surface area contributed by atoms with Crippen LogP contribution in [-0.4, -0.2) is 7.05 Å². The predicted octanol–water partition coefficient (Wildman–Crippen LogP) is 4.51. The summed E-state index contributed by atoms with van der Waals surface area (Å²) in [7, 11) is 4.28. The second-order valence-corrected chi connectivity index (χ2v) is 7.00. The van der Waals surface area contributed by atoms with Gasteiger partial charge in [-0.25, -0.2) is 0 Å². The van der Waals surface area contributed by atoms with Crippen LogP contribution in [0.2, 0.25) is 0 Å². The molecule has 3 heteroatoms. The molecule has 23 heavy (non-hydrogen) atoms. The van der Waals surface area contributed by atoms with E-state index in [1.54, 1.807) is 0 Å². The molecule has 0 atom stereocenters. The Bertz CT molecular complexity index is 944. The van der Waals surface area contributed by atoms with E-state index in [0.717, 1.165) is 0 Å². The molecule has 4 rings (SSSR count). The molecule has 3 aromatic rings. The maximum atomic E-state index is 2.30. The summed E-state index contributed by atoms with van der Waals surface area (Å²) in [6.07, 6.45) is 2.27. The third-order valence-corrected chi connectivity index (χ3v) is 5.62. The average Bonchev–Trinajstić information content (AvgIpc) is 2.88. The first-order chi connectivity index (χ1) is 11.1. The van der Waals surface area contributed by atoms with Gasteiger partial charge in [0.1, 0.15) is 7.05 Å². The van der Waals surface area contributed by atoms with Crippen LogP contribution in [0.1, 0.15) is 11.3 Å². The summed E-state index contributed by atoms with van der Waals surface area (Å²) >= 11 is 1.84. The largest absolute Gasteiger partial charge is 0.338 e. The Kier molecular flexibility index (Phi) is 3.38. The number of anilines is 1. The van der Waals surface area contributed by atoms with E-state index < -0.39 is 0 Å². The van der Waals surface area contributed by atoms with Crippen molar-refractivity contribution in [1.82, 2.24) is 0 Å². The molecule has 0 saturated heterocycles. The Morgan fingerprint density at radius 1 is 1.00 bits per heavy atom. The molecule has 114 valence electrons. The van der Waals surface area contributed by atoms with Crippen LogP contribution >= 0.6 is 11.8 Å². The lowest BCUT2D eigenvalue weighted by atomic mass is 10.2. The van der Waals surface area contributed by atoms with Crippen LogP contribution in [0.25, 0.3) is 17.0 Å². The molecule has 0 spiro atoms. The molecule has 0 bridgehead atoms. The van der Waals surface area contributed by atoms with E-state index in [1.807, 2.05) is 11.8 Å². The number of aryl methyl sites for hydroxylation is 2. The van der Waals surface area contributed by atoms with Crippen LogP contribution in [-0.2, 0) is 7.05 Å². The van der Waals surface area contributed by atoms with Crippen LogP contribution in [0.3, 0.4) is 0 Å². The van der Waals surface area contributed by atoms with Gasteiger partial charge in [-0.2, -0.15) is 4.57 Å². The molecule has 0 fully saturated rings. The average molecular weight is 319 g/mol. The predicted molar refractivity (Wildman–Crippen MR) is 98.5 cm³/mol. The van der Waals surface area contributed by atoms with Crippen molar-refractivity contribution in [3.05, 3.63) is 70.9 Å². The van der Waals surface area contributed by atoms with Crippen LogP contribution in [0.4, 0.5) is 5.69 Å². The fourth-order valence-electron chi connectivity index (χ4n) is 3.19. The molecular formula is C20H19N2S+. The van der Waals surface area contributed by atoms with E-state index in [0.29, 0.717) is 0 Å². The number of pyridine rings is 1. The highest BCUT2D eigenvalue weighted by Gasteiger charge is 2.24. The van der Waals surface area contributed by atoms with Gasteiger partial charge in [-0.05, 0) is 30.7 Å². The second-order valence-electron chi connectivity index (χ2n) is 5.94. The van der Waals surface area contributed by atoms with Gasteiger partial charge in [-0.1, -0.05) is 36.0 Å². The van der Waals surface area contributed by atoms with Gasteiger partial charge in [0.15, 0.2) is 0 Å². The molecule has 0 N–H and O–H groups in total. The number of benzene rings is 2. The summed E-state index contributed by atoms with van der Waals surface area (Å²) in [5.74, 6) is 0. The molecule has 1 aromatic heterocycles. The number of hydrogen-bond acceptors (Lipinski definition) is 2. The lowest BCUT2D eigenvalue weighted by molar-refractivity contribution is -0.646. The van der Waals surface area contributed by atoms with Crippen LogP contribution < -0.4 is 9.47 Å². The SMILES string of the molecule is Cc1cccc2c1N(C)/C(=C/c1ccc3ccccc3[n+]1C)S2. The molecule has 0 saturated carbocycles. The summed E-state index contributed by atoms with van der Waals surface area (Å²) in [5, 5.41) is 2.53. The number of hydrogen-bond donors (Lipinski definition) is 0. The smallest absolute Gasteiger partial charge is 0.212 e. The van der Waals surface area contributed by atoms with Crippen molar-refractivity contribution >= 4 is 34.4 Å². The Labute approximate surface area is 141 Å². The molecule has 1 aliphatic rings. The van der Waals surface area contributed by atoms with E-state index in [2.05, 4.69) is 91.2 Å². The maximum absolute atomic E-state index is 2.30. The van der Waals surface area contributed by atoms with Gasteiger partial charge in [-0.3, -0.25) is 0 Å². The van der Waals surface area contributed by atoms with Gasteiger partial charge in [0.25, 0.3) is 0 Å². The second kappa shape index (κ2) is 5.43. The number of nitrogens with zero attached hydrogens (tertiary/aromatic N) is 2. The van der Waals surface area contributed by atoms with Crippen molar-refractivity contribution in [2.75, 3.05) is 11.9 Å². The zero-order chi connectivity index (χ0) is 16.0. The number of fused-ring (bicyclic) bond motifs is 2. The Balaban J connectivity index is 1.81. The fourth-order valence-corrected chi connectivity index (χ4v) is 4.37. The summed E-state index contributed by atoms with van der Waals surface area (Å²) in [5.41, 5.74) is 5.11. The third-order valence-electron chi connectivity index (χ3n) is 4.47. The van der Waals surface area contributed by atoms with Crippen molar-refractivity contribution in [3.8, 4) is 0 Å². The number of para-hydroxylation sites is 2. The zero-order valence-corrected chi connectivity index (χ0v) is 14.4. The Morgan fingerprint density at radius 2 is 1.83 bits per heavy atom. The summed E-state index contributed by atoms with van der Waals surface area (Å²) in [4.78, 5) is 3.63. The number of thioether (sulfide) groups is 1. The van der Waals surface area contributed by atoms with Crippen LogP contribution in [0.15, 0.2) is 64.5 Å². The normalized spacial score (nSPS) is 15.4. The molecule has 1 aliphatic heterocycles. The van der Waals surface area contributed by atoms with Crippen molar-refractivity contribution in [2.24, 2.45) is 7.05 Å². The molecule has 0 amide bonds. The first kappa shape index (κ1) is 14.3. The lowest BCUT2D eigenvalue weighted by Gasteiger charge is -2.15. The minimum Gasteiger partial charge on any atom is -0.338 e. The summed E-state index contributed by atoms with van der Waals surface area (Å²) < 4.78 is 2.26. The highest BCUT2D eigenvalue weighted by Crippen LogP contribution is 2.47. The lowest BCUT2D eigenvalue weighted by Crippen LogP contribution is -2.32. The van der Waals surface area contributed by atoms with Gasteiger partial charge in [0.2, 0.25) is 11.2 Å². The van der Waals surface area contributed by atoms with Gasteiger partial charge in [0, 0.05) is 35.5 Å².